The van der Waals surface area contributed by atoms with Crippen LogP contribution in [-0.2, 0) is 0 Å². The summed E-state index contributed by atoms with van der Waals surface area (Å²) in [6.07, 6.45) is 3.49. The lowest BCUT2D eigenvalue weighted by molar-refractivity contribution is 0.100. The molecule has 0 bridgehead atoms. The van der Waals surface area contributed by atoms with Crippen LogP contribution in [0.5, 0.6) is 5.75 Å². The number of nitrogens with zero attached hydrogens (tertiary/aromatic N) is 3. The summed E-state index contributed by atoms with van der Waals surface area (Å²) in [5.41, 5.74) is 10.2. The standard InChI is InChI=1S/C28H32BrN7O2/c1-17(2)35-8-10-36(11-9-35)19-5-7-23(26(13-19)38-3)33-27-14-20-24(15-31-16-25(20)34-27)32-22-6-4-18(29)12-21(22)28(30)37/h4-7,12-17,32-34H,8-11H2,1-3H3,(H2,30,37). The molecule has 4 aromatic rings. The lowest BCUT2D eigenvalue weighted by Crippen LogP contribution is -2.48. The second-order valence-electron chi connectivity index (χ2n) is 9.64. The summed E-state index contributed by atoms with van der Waals surface area (Å²) in [5.74, 6) is 1.05. The number of nitrogens with one attached hydrogen (secondary N) is 3. The zero-order valence-electron chi connectivity index (χ0n) is 21.7. The van der Waals surface area contributed by atoms with Gasteiger partial charge in [0.15, 0.2) is 0 Å². The van der Waals surface area contributed by atoms with Crippen molar-refractivity contribution in [1.29, 1.82) is 0 Å². The van der Waals surface area contributed by atoms with Gasteiger partial charge in [0.2, 0.25) is 0 Å². The highest BCUT2D eigenvalue weighted by Crippen LogP contribution is 2.35. The number of pyridine rings is 1. The Morgan fingerprint density at radius 1 is 1.03 bits per heavy atom. The van der Waals surface area contributed by atoms with E-state index in [2.05, 4.69) is 72.3 Å². The molecule has 3 heterocycles. The number of nitrogens with two attached hydrogens (primary N) is 1. The van der Waals surface area contributed by atoms with Crippen molar-refractivity contribution < 1.29 is 9.53 Å². The van der Waals surface area contributed by atoms with Crippen LogP contribution in [0.2, 0.25) is 0 Å². The number of methoxy groups -OCH3 is 1. The van der Waals surface area contributed by atoms with Crippen molar-refractivity contribution in [2.75, 3.05) is 48.8 Å². The zero-order valence-corrected chi connectivity index (χ0v) is 23.3. The van der Waals surface area contributed by atoms with Gasteiger partial charge in [-0.2, -0.15) is 0 Å². The van der Waals surface area contributed by atoms with Crippen molar-refractivity contribution in [2.45, 2.75) is 19.9 Å². The van der Waals surface area contributed by atoms with Gasteiger partial charge in [-0.05, 0) is 50.2 Å². The van der Waals surface area contributed by atoms with Crippen LogP contribution in [0.25, 0.3) is 10.9 Å². The van der Waals surface area contributed by atoms with E-state index in [4.69, 9.17) is 10.5 Å². The van der Waals surface area contributed by atoms with E-state index in [9.17, 15) is 4.79 Å². The molecule has 1 aliphatic rings. The topological polar surface area (TPSA) is 112 Å². The van der Waals surface area contributed by atoms with Gasteiger partial charge >= 0.3 is 0 Å². The Bertz CT molecular complexity index is 1460. The molecule has 1 saturated heterocycles. The summed E-state index contributed by atoms with van der Waals surface area (Å²) in [4.78, 5) is 24.6. The fourth-order valence-electron chi connectivity index (χ4n) is 4.81. The quantitative estimate of drug-likeness (QED) is 0.220. The number of aromatic nitrogens is 2. The van der Waals surface area contributed by atoms with Gasteiger partial charge in [-0.15, -0.1) is 0 Å². The number of carbonyl (C=O) groups is 1. The number of fused-ring (bicyclic) bond motifs is 1. The zero-order chi connectivity index (χ0) is 26.8. The molecule has 1 amide bonds. The van der Waals surface area contributed by atoms with Crippen molar-refractivity contribution in [1.82, 2.24) is 14.9 Å². The Kier molecular flexibility index (Phi) is 7.44. The van der Waals surface area contributed by atoms with Crippen molar-refractivity contribution in [3.63, 3.8) is 0 Å². The molecule has 0 radical (unpaired) electrons. The van der Waals surface area contributed by atoms with E-state index in [1.807, 2.05) is 24.3 Å². The molecule has 0 spiro atoms. The Morgan fingerprint density at radius 3 is 2.50 bits per heavy atom. The molecule has 198 valence electrons. The molecule has 38 heavy (non-hydrogen) atoms. The first-order valence-electron chi connectivity index (χ1n) is 12.6. The first-order valence-corrected chi connectivity index (χ1v) is 13.4. The third-order valence-electron chi connectivity index (χ3n) is 6.93. The molecule has 1 fully saturated rings. The number of carbonyl (C=O) groups excluding carboxylic acids is 1. The molecular weight excluding hydrogens is 546 g/mol. The predicted octanol–water partition coefficient (Wildman–Crippen LogP) is 5.45. The van der Waals surface area contributed by atoms with E-state index >= 15 is 0 Å². The minimum atomic E-state index is -0.511. The van der Waals surface area contributed by atoms with E-state index in [1.54, 1.807) is 25.6 Å². The molecule has 0 unspecified atom stereocenters. The third kappa shape index (κ3) is 5.41. The Balaban J connectivity index is 1.37. The fourth-order valence-corrected chi connectivity index (χ4v) is 5.18. The molecule has 0 aliphatic carbocycles. The van der Waals surface area contributed by atoms with Crippen LogP contribution < -0.4 is 26.0 Å². The molecule has 1 aliphatic heterocycles. The minimum absolute atomic E-state index is 0.390. The molecule has 5 N–H and O–H groups in total. The molecule has 2 aromatic heterocycles. The number of aromatic amines is 1. The monoisotopic (exact) mass is 577 g/mol. The molecule has 0 atom stereocenters. The number of hydrogen-bond acceptors (Lipinski definition) is 7. The number of amides is 1. The number of primary amides is 1. The van der Waals surface area contributed by atoms with Crippen molar-refractivity contribution in [3.8, 4) is 5.75 Å². The van der Waals surface area contributed by atoms with Gasteiger partial charge in [0.05, 0.1) is 47.6 Å². The van der Waals surface area contributed by atoms with Crippen LogP contribution in [-0.4, -0.2) is 60.1 Å². The van der Waals surface area contributed by atoms with Gasteiger partial charge in [0.1, 0.15) is 11.6 Å². The number of H-pyrrole nitrogens is 1. The van der Waals surface area contributed by atoms with Crippen molar-refractivity contribution in [3.05, 3.63) is 64.9 Å². The van der Waals surface area contributed by atoms with E-state index in [1.165, 1.54) is 0 Å². The van der Waals surface area contributed by atoms with Gasteiger partial charge in [-0.25, -0.2) is 0 Å². The Morgan fingerprint density at radius 2 is 1.79 bits per heavy atom. The molecule has 9 nitrogen and oxygen atoms in total. The number of benzene rings is 2. The van der Waals surface area contributed by atoms with Gasteiger partial charge < -0.3 is 31.0 Å². The lowest BCUT2D eigenvalue weighted by Gasteiger charge is -2.38. The lowest BCUT2D eigenvalue weighted by atomic mass is 10.1. The second-order valence-corrected chi connectivity index (χ2v) is 10.6. The molecule has 2 aromatic carbocycles. The van der Waals surface area contributed by atoms with Crippen molar-refractivity contribution >= 4 is 61.3 Å². The number of hydrogen-bond donors (Lipinski definition) is 4. The number of halogens is 1. The highest BCUT2D eigenvalue weighted by atomic mass is 79.9. The first kappa shape index (κ1) is 25.9. The molecule has 0 saturated carbocycles. The predicted molar refractivity (Wildman–Crippen MR) is 157 cm³/mol. The van der Waals surface area contributed by atoms with Crippen LogP contribution in [0, 0.1) is 0 Å². The maximum absolute atomic E-state index is 12.0. The van der Waals surface area contributed by atoms with E-state index in [0.717, 1.165) is 70.2 Å². The van der Waals surface area contributed by atoms with Gasteiger partial charge in [0, 0.05) is 53.8 Å². The van der Waals surface area contributed by atoms with Gasteiger partial charge in [-0.3, -0.25) is 14.7 Å². The van der Waals surface area contributed by atoms with Gasteiger partial charge in [0.25, 0.3) is 5.91 Å². The number of anilines is 5. The van der Waals surface area contributed by atoms with E-state index < -0.39 is 5.91 Å². The smallest absolute Gasteiger partial charge is 0.250 e. The van der Waals surface area contributed by atoms with Gasteiger partial charge in [-0.1, -0.05) is 15.9 Å². The largest absolute Gasteiger partial charge is 0.494 e. The SMILES string of the molecule is COc1cc(N2CCN(C(C)C)CC2)ccc1Nc1cc2c(Nc3ccc(Br)cc3C(N)=O)cncc2[nH]1. The fraction of sp³-hybridized carbons (Fsp3) is 0.286. The van der Waals surface area contributed by atoms with Crippen LogP contribution in [0.3, 0.4) is 0 Å². The number of rotatable bonds is 8. The Labute approximate surface area is 230 Å². The summed E-state index contributed by atoms with van der Waals surface area (Å²) in [6.45, 7) is 8.60. The third-order valence-corrected chi connectivity index (χ3v) is 7.42. The maximum Gasteiger partial charge on any atom is 0.250 e. The number of ether oxygens (including phenoxy) is 1. The van der Waals surface area contributed by atoms with E-state index in [-0.39, 0.29) is 0 Å². The molecular formula is C28H32BrN7O2. The average molecular weight is 579 g/mol. The normalized spacial score (nSPS) is 14.2. The summed E-state index contributed by atoms with van der Waals surface area (Å²) in [5, 5.41) is 7.68. The first-order chi connectivity index (χ1) is 18.3. The summed E-state index contributed by atoms with van der Waals surface area (Å²) >= 11 is 3.39. The minimum Gasteiger partial charge on any atom is -0.494 e. The highest BCUT2D eigenvalue weighted by Gasteiger charge is 2.20. The van der Waals surface area contributed by atoms with Crippen LogP contribution in [0.1, 0.15) is 24.2 Å². The summed E-state index contributed by atoms with van der Waals surface area (Å²) in [7, 11) is 1.69. The highest BCUT2D eigenvalue weighted by molar-refractivity contribution is 9.10. The summed E-state index contributed by atoms with van der Waals surface area (Å²) in [6, 6.07) is 14.2. The van der Waals surface area contributed by atoms with Crippen LogP contribution in [0.4, 0.5) is 28.6 Å². The van der Waals surface area contributed by atoms with Crippen LogP contribution in [0.15, 0.2) is 59.3 Å². The number of piperazine rings is 1. The van der Waals surface area contributed by atoms with Crippen molar-refractivity contribution in [2.24, 2.45) is 5.73 Å². The van der Waals surface area contributed by atoms with E-state index in [0.29, 0.717) is 17.3 Å². The second kappa shape index (κ2) is 10.9. The maximum atomic E-state index is 12.0. The summed E-state index contributed by atoms with van der Waals surface area (Å²) < 4.78 is 6.52. The molecule has 10 heteroatoms. The molecule has 5 rings (SSSR count). The average Bonchev–Trinajstić information content (AvgIpc) is 3.33. The Hall–Kier alpha value is -3.76. The van der Waals surface area contributed by atoms with Crippen LogP contribution >= 0.6 is 15.9 Å².